The van der Waals surface area contributed by atoms with Crippen LogP contribution in [0.1, 0.15) is 64.2 Å². The van der Waals surface area contributed by atoms with E-state index in [2.05, 4.69) is 21.3 Å². The molecule has 35 heavy (non-hydrogen) atoms. The zero-order valence-electron chi connectivity index (χ0n) is 19.9. The Morgan fingerprint density at radius 1 is 0.657 bits per heavy atom. The third kappa shape index (κ3) is 7.38. The highest BCUT2D eigenvalue weighted by Gasteiger charge is 2.20. The minimum atomic E-state index is -3.72. The summed E-state index contributed by atoms with van der Waals surface area (Å²) in [5, 5.41) is 14.1. The summed E-state index contributed by atoms with van der Waals surface area (Å²) in [4.78, 5) is 0.422. The second-order valence-electron chi connectivity index (χ2n) is 9.43. The maximum atomic E-state index is 13.4. The van der Waals surface area contributed by atoms with Gasteiger partial charge in [-0.25, -0.2) is 8.42 Å². The predicted octanol–water partition coefficient (Wildman–Crippen LogP) is 5.76. The summed E-state index contributed by atoms with van der Waals surface area (Å²) in [6, 6.07) is 14.3. The lowest BCUT2D eigenvalue weighted by molar-refractivity contribution is 0.414. The third-order valence-electron chi connectivity index (χ3n) is 6.69. The summed E-state index contributed by atoms with van der Waals surface area (Å²) >= 11 is 10.9. The number of anilines is 2. The van der Waals surface area contributed by atoms with Gasteiger partial charge < -0.3 is 21.3 Å². The van der Waals surface area contributed by atoms with Crippen LogP contribution in [-0.4, -0.2) is 30.7 Å². The molecule has 0 amide bonds. The molecule has 0 radical (unpaired) electrons. The zero-order chi connectivity index (χ0) is 24.7. The van der Waals surface area contributed by atoms with Crippen molar-refractivity contribution < 1.29 is 8.42 Å². The minimum Gasteiger partial charge on any atom is -0.360 e. The van der Waals surface area contributed by atoms with E-state index >= 15 is 0 Å². The molecule has 2 aliphatic carbocycles. The second kappa shape index (κ2) is 12.1. The summed E-state index contributed by atoms with van der Waals surface area (Å²) in [5.41, 5.74) is 1.29. The number of hydrogen-bond donors (Lipinski definition) is 4. The van der Waals surface area contributed by atoms with Gasteiger partial charge in [0, 0.05) is 23.5 Å². The van der Waals surface area contributed by atoms with E-state index in [1.807, 2.05) is 12.1 Å². The first kappa shape index (κ1) is 25.9. The lowest BCUT2D eigenvalue weighted by atomic mass is 9.96. The Hall–Kier alpha value is -2.23. The number of hydrogen-bond acceptors (Lipinski definition) is 4. The maximum absolute atomic E-state index is 13.4. The average Bonchev–Trinajstić information content (AvgIpc) is 2.85. The quantitative estimate of drug-likeness (QED) is 0.351. The molecule has 0 spiro atoms. The summed E-state index contributed by atoms with van der Waals surface area (Å²) in [5.74, 6) is 0. The Balaban J connectivity index is 1.41. The summed E-state index contributed by atoms with van der Waals surface area (Å²) in [7, 11) is -3.72. The summed E-state index contributed by atoms with van der Waals surface area (Å²) in [6.07, 6.45) is 11.8. The highest BCUT2D eigenvalue weighted by molar-refractivity contribution is 7.91. The van der Waals surface area contributed by atoms with Crippen molar-refractivity contribution in [1.29, 1.82) is 0 Å². The van der Waals surface area contributed by atoms with E-state index in [0.717, 1.165) is 25.7 Å². The van der Waals surface area contributed by atoms with Crippen molar-refractivity contribution in [2.75, 3.05) is 10.6 Å². The highest BCUT2D eigenvalue weighted by atomic mass is 32.2. The van der Waals surface area contributed by atoms with E-state index in [0.29, 0.717) is 33.7 Å². The van der Waals surface area contributed by atoms with E-state index in [1.165, 1.54) is 38.5 Å². The van der Waals surface area contributed by atoms with Gasteiger partial charge in [-0.3, -0.25) is 0 Å². The van der Waals surface area contributed by atoms with Crippen LogP contribution in [-0.2, 0) is 9.84 Å². The van der Waals surface area contributed by atoms with Crippen molar-refractivity contribution in [3.05, 3.63) is 48.5 Å². The van der Waals surface area contributed by atoms with Crippen molar-refractivity contribution in [2.24, 2.45) is 0 Å². The second-order valence-corrected chi connectivity index (χ2v) is 12.2. The largest absolute Gasteiger partial charge is 0.360 e. The monoisotopic (exact) mass is 530 g/mol. The van der Waals surface area contributed by atoms with Crippen molar-refractivity contribution in [3.63, 3.8) is 0 Å². The number of rotatable bonds is 6. The van der Waals surface area contributed by atoms with Crippen LogP contribution in [0.25, 0.3) is 0 Å². The fourth-order valence-corrected chi connectivity index (χ4v) is 6.74. The standard InChI is InChI=1S/C26H34N4O2S3/c31-35(32,23-15-7-13-21(17-23)29-25(33)27-19-9-3-1-4-10-19)24-16-8-14-22(18-24)30-26(34)28-20-11-5-2-6-12-20/h7-8,13-20H,1-6,9-12H2,(H2,27,29,33)(H2,28,30,34). The normalized spacial score (nSPS) is 17.4. The van der Waals surface area contributed by atoms with Gasteiger partial charge in [0.05, 0.1) is 9.79 Å². The van der Waals surface area contributed by atoms with Crippen LogP contribution in [0.2, 0.25) is 0 Å². The van der Waals surface area contributed by atoms with E-state index in [9.17, 15) is 8.42 Å². The maximum Gasteiger partial charge on any atom is 0.206 e. The van der Waals surface area contributed by atoms with Gasteiger partial charge in [0.1, 0.15) is 0 Å². The molecule has 0 bridgehead atoms. The molecule has 4 rings (SSSR count). The van der Waals surface area contributed by atoms with Crippen molar-refractivity contribution >= 4 is 55.9 Å². The molecule has 0 atom stereocenters. The minimum absolute atomic E-state index is 0.211. The van der Waals surface area contributed by atoms with Gasteiger partial charge >= 0.3 is 0 Å². The smallest absolute Gasteiger partial charge is 0.206 e. The number of thiocarbonyl (C=S) groups is 2. The fraction of sp³-hybridized carbons (Fsp3) is 0.462. The van der Waals surface area contributed by atoms with Crippen LogP contribution in [0.4, 0.5) is 11.4 Å². The van der Waals surface area contributed by atoms with Gasteiger partial charge in [-0.15, -0.1) is 0 Å². The molecule has 0 heterocycles. The van der Waals surface area contributed by atoms with Gasteiger partial charge in [0.2, 0.25) is 9.84 Å². The number of nitrogens with one attached hydrogen (secondary N) is 4. The molecule has 2 aliphatic rings. The van der Waals surface area contributed by atoms with Crippen LogP contribution in [0.15, 0.2) is 58.3 Å². The van der Waals surface area contributed by atoms with Crippen molar-refractivity contribution in [3.8, 4) is 0 Å². The van der Waals surface area contributed by atoms with Crippen molar-refractivity contribution in [1.82, 2.24) is 10.6 Å². The number of benzene rings is 2. The van der Waals surface area contributed by atoms with Crippen LogP contribution in [0.5, 0.6) is 0 Å². The molecule has 0 saturated heterocycles. The van der Waals surface area contributed by atoms with E-state index in [1.54, 1.807) is 36.4 Å². The molecule has 2 fully saturated rings. The molecule has 188 valence electrons. The number of sulfone groups is 1. The average molecular weight is 531 g/mol. The first-order chi connectivity index (χ1) is 16.9. The van der Waals surface area contributed by atoms with Gasteiger partial charge in [0.15, 0.2) is 10.2 Å². The first-order valence-corrected chi connectivity index (χ1v) is 14.8. The lowest BCUT2D eigenvalue weighted by Crippen LogP contribution is -2.38. The third-order valence-corrected chi connectivity index (χ3v) is 8.87. The van der Waals surface area contributed by atoms with Crippen molar-refractivity contribution in [2.45, 2.75) is 86.1 Å². The summed E-state index contributed by atoms with van der Waals surface area (Å²) in [6.45, 7) is 0. The Kier molecular flexibility index (Phi) is 8.97. The molecule has 0 aliphatic heterocycles. The fourth-order valence-electron chi connectivity index (χ4n) is 4.82. The SMILES string of the molecule is O=S(=O)(c1cccc(NC(=S)NC2CCCCC2)c1)c1cccc(NC(=S)NC2CCCCC2)c1. The molecule has 9 heteroatoms. The molecule has 0 aromatic heterocycles. The Bertz CT molecular complexity index is 1060. The molecular formula is C26H34N4O2S3. The Morgan fingerprint density at radius 2 is 1.06 bits per heavy atom. The van der Waals surface area contributed by atoms with E-state index < -0.39 is 9.84 Å². The molecule has 4 N–H and O–H groups in total. The molecule has 0 unspecified atom stereocenters. The van der Waals surface area contributed by atoms with Crippen LogP contribution in [0, 0.1) is 0 Å². The molecule has 2 aromatic carbocycles. The molecule has 2 aromatic rings. The van der Waals surface area contributed by atoms with Gasteiger partial charge in [-0.2, -0.15) is 0 Å². The zero-order valence-corrected chi connectivity index (χ0v) is 22.3. The Morgan fingerprint density at radius 3 is 1.46 bits per heavy atom. The predicted molar refractivity (Wildman–Crippen MR) is 151 cm³/mol. The van der Waals surface area contributed by atoms with Crippen LogP contribution < -0.4 is 21.3 Å². The molecular weight excluding hydrogens is 497 g/mol. The molecule has 6 nitrogen and oxygen atoms in total. The van der Waals surface area contributed by atoms with Crippen LogP contribution >= 0.6 is 24.4 Å². The summed E-state index contributed by atoms with van der Waals surface area (Å²) < 4.78 is 26.8. The van der Waals surface area contributed by atoms with E-state index in [4.69, 9.17) is 24.4 Å². The topological polar surface area (TPSA) is 82.3 Å². The Labute approximate surface area is 219 Å². The van der Waals surface area contributed by atoms with Crippen LogP contribution in [0.3, 0.4) is 0 Å². The van der Waals surface area contributed by atoms with Gasteiger partial charge in [0.25, 0.3) is 0 Å². The molecule has 2 saturated carbocycles. The van der Waals surface area contributed by atoms with Gasteiger partial charge in [-0.1, -0.05) is 50.7 Å². The van der Waals surface area contributed by atoms with Gasteiger partial charge in [-0.05, 0) is 86.5 Å². The highest BCUT2D eigenvalue weighted by Crippen LogP contribution is 2.26. The van der Waals surface area contributed by atoms with E-state index in [-0.39, 0.29) is 9.79 Å². The lowest BCUT2D eigenvalue weighted by Gasteiger charge is -2.24. The first-order valence-electron chi connectivity index (χ1n) is 12.5.